The third kappa shape index (κ3) is 5.24. The Hall–Kier alpha value is -3.24. The van der Waals surface area contributed by atoms with Crippen LogP contribution in [0, 0.1) is 6.92 Å². The summed E-state index contributed by atoms with van der Waals surface area (Å²) in [5, 5.41) is 91.2. The minimum Gasteiger partial charge on any atom is -0.506 e. The molecule has 3 aliphatic heterocycles. The van der Waals surface area contributed by atoms with E-state index in [0.29, 0.717) is 0 Å². The molecule has 4 aliphatic rings. The van der Waals surface area contributed by atoms with Crippen molar-refractivity contribution in [2.75, 3.05) is 27.9 Å². The Morgan fingerprint density at radius 3 is 2.31 bits per heavy atom. The minimum absolute atomic E-state index is 0.00145. The first-order valence-electron chi connectivity index (χ1n) is 16.5. The zero-order chi connectivity index (χ0) is 38.5. The standard InChI is InChI=1S/C34H44O18/c1-12-8-15-20(27-19(12)25(40)29-33(43,51-27)32(42,11-35)34(44,52-29)30(46-6)47-7)24(39)22-21(26(15)45-5)17(9-16(37)23(22)38)50-18-10-31(4,41)28(13(2)48-18)49-14(3)36/h8,13,16-18,25,28-30,35,37,39-44H,9-11H2,1-7H3/t13?,16-,17-,18-,25-,28+,29-,31?,32-,33+,34-/m0/s1. The number of ether oxygens (including phenoxy) is 8. The first kappa shape index (κ1) is 38.5. The second kappa shape index (κ2) is 13.0. The molecule has 0 saturated carbocycles. The fourth-order valence-corrected chi connectivity index (χ4v) is 8.16. The molecular weight excluding hydrogens is 696 g/mol. The Kier molecular flexibility index (Phi) is 9.59. The number of Topliss-reactive ketones (excluding diaryl/α,β-unsaturated/α-hetero) is 1. The van der Waals surface area contributed by atoms with Gasteiger partial charge >= 0.3 is 5.97 Å². The van der Waals surface area contributed by atoms with Gasteiger partial charge in [0.05, 0.1) is 36.9 Å². The van der Waals surface area contributed by atoms with Crippen molar-refractivity contribution in [3.8, 4) is 17.2 Å². The fourth-order valence-electron chi connectivity index (χ4n) is 8.16. The van der Waals surface area contributed by atoms with E-state index in [1.807, 2.05) is 0 Å². The number of fused-ring (bicyclic) bond motifs is 5. The SMILES string of the molecule is COc1c2c(c(O)c3c4c(c(C)cc13)[C@H](O)[C@@H]1O[C@@](O)(C(OC)OC)[C@](O)(CO)[C@]1(O)O4)C(=O)[C@@H](O)C[C@@H]2O[C@H]1CC(C)(O)[C@H](OC(C)=O)C(C)O1. The molecule has 8 N–H and O–H groups in total. The molecule has 18 heteroatoms. The summed E-state index contributed by atoms with van der Waals surface area (Å²) in [4.78, 5) is 25.4. The number of aliphatic hydroxyl groups excluding tert-OH is 3. The number of rotatable bonds is 8. The molecule has 1 aliphatic carbocycles. The molecule has 0 amide bonds. The van der Waals surface area contributed by atoms with Crippen LogP contribution >= 0.6 is 0 Å². The topological polar surface area (TPSA) is 270 Å². The van der Waals surface area contributed by atoms with Crippen LogP contribution < -0.4 is 9.47 Å². The molecular formula is C34H44O18. The number of hydrogen-bond donors (Lipinski definition) is 8. The highest BCUT2D eigenvalue weighted by molar-refractivity contribution is 6.13. The number of hydrogen-bond acceptors (Lipinski definition) is 18. The van der Waals surface area contributed by atoms with Gasteiger partial charge in [-0.2, -0.15) is 0 Å². The number of aryl methyl sites for hydroxylation is 1. The largest absolute Gasteiger partial charge is 0.506 e. The van der Waals surface area contributed by atoms with E-state index >= 15 is 0 Å². The lowest BCUT2D eigenvalue weighted by Crippen LogP contribution is -2.72. The molecule has 2 aromatic rings. The summed E-state index contributed by atoms with van der Waals surface area (Å²) in [7, 11) is 3.44. The van der Waals surface area contributed by atoms with Gasteiger partial charge in [0.1, 0.15) is 35.1 Å². The van der Waals surface area contributed by atoms with E-state index in [0.717, 1.165) is 14.2 Å². The lowest BCUT2D eigenvalue weighted by molar-refractivity contribution is -0.378. The summed E-state index contributed by atoms with van der Waals surface area (Å²) >= 11 is 0. The van der Waals surface area contributed by atoms with Crippen molar-refractivity contribution in [1.29, 1.82) is 0 Å². The van der Waals surface area contributed by atoms with Gasteiger partial charge in [-0.25, -0.2) is 0 Å². The number of carbonyl (C=O) groups is 2. The van der Waals surface area contributed by atoms with Crippen LogP contribution in [0.2, 0.25) is 0 Å². The second-order valence-corrected chi connectivity index (χ2v) is 13.9. The number of carbonyl (C=O) groups excluding carboxylic acids is 2. The molecule has 0 spiro atoms. The zero-order valence-electron chi connectivity index (χ0n) is 29.5. The third-order valence-electron chi connectivity index (χ3n) is 10.6. The second-order valence-electron chi connectivity index (χ2n) is 13.9. The Morgan fingerprint density at radius 1 is 1.10 bits per heavy atom. The predicted octanol–water partition coefficient (Wildman–Crippen LogP) is -0.771. The van der Waals surface area contributed by atoms with E-state index in [1.54, 1.807) is 13.8 Å². The van der Waals surface area contributed by atoms with E-state index in [4.69, 9.17) is 37.9 Å². The summed E-state index contributed by atoms with van der Waals surface area (Å²) < 4.78 is 45.0. The normalized spacial score (nSPS) is 38.4. The number of benzene rings is 2. The molecule has 2 unspecified atom stereocenters. The van der Waals surface area contributed by atoms with Crippen LogP contribution in [-0.2, 0) is 33.2 Å². The number of aliphatic hydroxyl groups is 7. The fraction of sp³-hybridized carbons (Fsp3) is 0.647. The maximum atomic E-state index is 13.7. The van der Waals surface area contributed by atoms with Gasteiger partial charge in [-0.05, 0) is 32.4 Å². The van der Waals surface area contributed by atoms with Crippen LogP contribution in [0.15, 0.2) is 6.07 Å². The van der Waals surface area contributed by atoms with E-state index in [2.05, 4.69) is 0 Å². The first-order valence-corrected chi connectivity index (χ1v) is 16.5. The smallest absolute Gasteiger partial charge is 0.303 e. The van der Waals surface area contributed by atoms with Crippen LogP contribution in [0.3, 0.4) is 0 Å². The minimum atomic E-state index is -3.16. The van der Waals surface area contributed by atoms with Crippen LogP contribution in [0.4, 0.5) is 0 Å². The third-order valence-corrected chi connectivity index (χ3v) is 10.6. The van der Waals surface area contributed by atoms with Crippen LogP contribution in [0.5, 0.6) is 17.2 Å². The Morgan fingerprint density at radius 2 is 1.75 bits per heavy atom. The number of aromatic hydroxyl groups is 1. The number of esters is 1. The van der Waals surface area contributed by atoms with Crippen molar-refractivity contribution in [1.82, 2.24) is 0 Å². The Balaban J connectivity index is 1.51. The monoisotopic (exact) mass is 740 g/mol. The van der Waals surface area contributed by atoms with Crippen molar-refractivity contribution in [2.45, 2.75) is 113 Å². The molecule has 0 bridgehead atoms. The summed E-state index contributed by atoms with van der Waals surface area (Å²) in [6, 6.07) is 1.48. The van der Waals surface area contributed by atoms with Crippen LogP contribution in [0.1, 0.15) is 72.9 Å². The van der Waals surface area contributed by atoms with E-state index in [-0.39, 0.29) is 46.1 Å². The van der Waals surface area contributed by atoms with Gasteiger partial charge < -0.3 is 78.7 Å². The van der Waals surface area contributed by atoms with Crippen molar-refractivity contribution >= 4 is 22.5 Å². The van der Waals surface area contributed by atoms with Crippen molar-refractivity contribution in [2.24, 2.45) is 0 Å². The average molecular weight is 741 g/mol. The highest BCUT2D eigenvalue weighted by atomic mass is 16.8. The lowest BCUT2D eigenvalue weighted by Gasteiger charge is -2.46. The van der Waals surface area contributed by atoms with E-state index < -0.39 is 107 Å². The number of ketones is 1. The number of phenols is 1. The molecule has 52 heavy (non-hydrogen) atoms. The average Bonchev–Trinajstić information content (AvgIpc) is 3.24. The van der Waals surface area contributed by atoms with Gasteiger partial charge in [-0.1, -0.05) is 0 Å². The molecule has 2 saturated heterocycles. The maximum absolute atomic E-state index is 13.7. The Labute approximate surface area is 296 Å². The van der Waals surface area contributed by atoms with E-state index in [1.165, 1.54) is 27.0 Å². The highest BCUT2D eigenvalue weighted by Crippen LogP contribution is 2.60. The van der Waals surface area contributed by atoms with Gasteiger partial charge in [0.15, 0.2) is 24.3 Å². The van der Waals surface area contributed by atoms with E-state index in [9.17, 15) is 50.4 Å². The molecule has 2 aromatic carbocycles. The molecule has 6 rings (SSSR count). The highest BCUT2D eigenvalue weighted by Gasteiger charge is 2.80. The Bertz CT molecular complexity index is 1770. The van der Waals surface area contributed by atoms with Crippen molar-refractivity contribution in [3.63, 3.8) is 0 Å². The zero-order valence-corrected chi connectivity index (χ0v) is 29.5. The summed E-state index contributed by atoms with van der Waals surface area (Å²) in [6.45, 7) is 4.33. The number of methoxy groups -OCH3 is 3. The maximum Gasteiger partial charge on any atom is 0.303 e. The van der Waals surface area contributed by atoms with Crippen LogP contribution in [0.25, 0.3) is 10.8 Å². The van der Waals surface area contributed by atoms with Crippen molar-refractivity contribution < 1.29 is 88.3 Å². The van der Waals surface area contributed by atoms with Gasteiger partial charge in [0, 0.05) is 50.5 Å². The van der Waals surface area contributed by atoms with Gasteiger partial charge in [-0.15, -0.1) is 0 Å². The molecule has 0 aromatic heterocycles. The first-order chi connectivity index (χ1) is 24.3. The van der Waals surface area contributed by atoms with Gasteiger partial charge in [0.2, 0.25) is 11.9 Å². The molecule has 18 nitrogen and oxygen atoms in total. The number of phenolic OH excluding ortho intramolecular Hbond substituents is 1. The molecule has 288 valence electrons. The summed E-state index contributed by atoms with van der Waals surface area (Å²) in [6.07, 6.45) is -12.2. The predicted molar refractivity (Wildman–Crippen MR) is 171 cm³/mol. The molecule has 11 atom stereocenters. The molecule has 3 heterocycles. The molecule has 2 fully saturated rings. The quantitative estimate of drug-likeness (QED) is 0.122. The summed E-state index contributed by atoms with van der Waals surface area (Å²) in [5.41, 5.74) is -5.06. The van der Waals surface area contributed by atoms with Crippen LogP contribution in [-0.4, -0.2) is 140 Å². The summed E-state index contributed by atoms with van der Waals surface area (Å²) in [5.74, 6) is -9.08. The van der Waals surface area contributed by atoms with Gasteiger partial charge in [0.25, 0.3) is 11.6 Å². The van der Waals surface area contributed by atoms with Crippen molar-refractivity contribution in [3.05, 3.63) is 28.3 Å². The van der Waals surface area contributed by atoms with Gasteiger partial charge in [-0.3, -0.25) is 9.59 Å². The lowest BCUT2D eigenvalue weighted by atomic mass is 9.78. The molecule has 0 radical (unpaired) electrons.